The number of methoxy groups -OCH3 is 1. The summed E-state index contributed by atoms with van der Waals surface area (Å²) in [5, 5.41) is 10.7. The summed E-state index contributed by atoms with van der Waals surface area (Å²) >= 11 is 0. The van der Waals surface area contributed by atoms with Gasteiger partial charge in [0.2, 0.25) is 0 Å². The smallest absolute Gasteiger partial charge is 0.132 e. The highest BCUT2D eigenvalue weighted by molar-refractivity contribution is 5.33. The Morgan fingerprint density at radius 2 is 2.22 bits per heavy atom. The minimum Gasteiger partial charge on any atom is -0.497 e. The van der Waals surface area contributed by atoms with Crippen LogP contribution in [0.1, 0.15) is 25.3 Å². The second kappa shape index (κ2) is 4.86. The van der Waals surface area contributed by atoms with Crippen LogP contribution in [-0.2, 0) is 5.60 Å². The number of benzene rings is 1. The zero-order valence-electron chi connectivity index (χ0n) is 11.1. The predicted octanol–water partition coefficient (Wildman–Crippen LogP) is 2.14. The van der Waals surface area contributed by atoms with Crippen LogP contribution < -0.4 is 4.74 Å². The molecule has 1 saturated heterocycles. The standard InChI is InChI=1S/C14H20FNO2/c1-10-9-14(17,6-7-16(10)2)12-5-4-11(18-3)8-13(12)15/h4-5,8,10,17H,6-7,9H2,1-3H3. The third-order valence-electron chi connectivity index (χ3n) is 3.94. The maximum atomic E-state index is 14.0. The molecule has 1 fully saturated rings. The number of aliphatic hydroxyl groups is 1. The minimum atomic E-state index is -1.07. The molecule has 1 aliphatic heterocycles. The fourth-order valence-electron chi connectivity index (χ4n) is 2.57. The number of ether oxygens (including phenoxy) is 1. The van der Waals surface area contributed by atoms with Crippen molar-refractivity contribution < 1.29 is 14.2 Å². The van der Waals surface area contributed by atoms with Crippen LogP contribution in [0.2, 0.25) is 0 Å². The molecule has 1 aromatic carbocycles. The monoisotopic (exact) mass is 253 g/mol. The van der Waals surface area contributed by atoms with Crippen LogP contribution in [0.5, 0.6) is 5.75 Å². The Morgan fingerprint density at radius 1 is 1.50 bits per heavy atom. The van der Waals surface area contributed by atoms with E-state index in [0.29, 0.717) is 24.2 Å². The van der Waals surface area contributed by atoms with Gasteiger partial charge in [0.25, 0.3) is 0 Å². The third-order valence-corrected chi connectivity index (χ3v) is 3.94. The minimum absolute atomic E-state index is 0.241. The molecule has 100 valence electrons. The van der Waals surface area contributed by atoms with Gasteiger partial charge in [-0.05, 0) is 38.9 Å². The molecule has 0 radical (unpaired) electrons. The molecule has 1 heterocycles. The van der Waals surface area contributed by atoms with Crippen molar-refractivity contribution in [1.29, 1.82) is 0 Å². The molecule has 2 unspecified atom stereocenters. The van der Waals surface area contributed by atoms with Gasteiger partial charge in [0, 0.05) is 24.2 Å². The van der Waals surface area contributed by atoms with Crippen molar-refractivity contribution in [2.45, 2.75) is 31.4 Å². The first kappa shape index (κ1) is 13.3. The molecule has 0 aliphatic carbocycles. The highest BCUT2D eigenvalue weighted by Gasteiger charge is 2.38. The van der Waals surface area contributed by atoms with Gasteiger partial charge in [0.15, 0.2) is 0 Å². The van der Waals surface area contributed by atoms with Crippen LogP contribution in [0.25, 0.3) is 0 Å². The summed E-state index contributed by atoms with van der Waals surface area (Å²) in [6.07, 6.45) is 1.10. The Morgan fingerprint density at radius 3 is 2.78 bits per heavy atom. The Bertz CT molecular complexity index is 438. The van der Waals surface area contributed by atoms with Crippen molar-refractivity contribution in [3.05, 3.63) is 29.6 Å². The first-order chi connectivity index (χ1) is 8.46. The molecule has 1 aromatic rings. The Balaban J connectivity index is 2.30. The zero-order chi connectivity index (χ0) is 13.3. The maximum Gasteiger partial charge on any atom is 0.132 e. The molecule has 0 spiro atoms. The highest BCUT2D eigenvalue weighted by atomic mass is 19.1. The molecule has 3 nitrogen and oxygen atoms in total. The topological polar surface area (TPSA) is 32.7 Å². The summed E-state index contributed by atoms with van der Waals surface area (Å²) < 4.78 is 19.0. The van der Waals surface area contributed by atoms with E-state index in [1.54, 1.807) is 12.1 Å². The summed E-state index contributed by atoms with van der Waals surface area (Å²) in [5.41, 5.74) is -0.689. The molecule has 1 N–H and O–H groups in total. The number of nitrogens with zero attached hydrogens (tertiary/aromatic N) is 1. The first-order valence-electron chi connectivity index (χ1n) is 6.23. The predicted molar refractivity (Wildman–Crippen MR) is 68.2 cm³/mol. The largest absolute Gasteiger partial charge is 0.497 e. The van der Waals surface area contributed by atoms with Crippen LogP contribution in [-0.4, -0.2) is 36.8 Å². The van der Waals surface area contributed by atoms with E-state index in [0.717, 1.165) is 6.54 Å². The number of likely N-dealkylation sites (tertiary alicyclic amines) is 1. The first-order valence-corrected chi connectivity index (χ1v) is 6.23. The molecule has 0 amide bonds. The lowest BCUT2D eigenvalue weighted by atomic mass is 9.81. The molecule has 4 heteroatoms. The Kier molecular flexibility index (Phi) is 3.59. The molecule has 0 bridgehead atoms. The third kappa shape index (κ3) is 2.35. The van der Waals surface area contributed by atoms with Crippen LogP contribution in [0.15, 0.2) is 18.2 Å². The average Bonchev–Trinajstić information content (AvgIpc) is 2.34. The Labute approximate surface area is 107 Å². The Hall–Kier alpha value is -1.13. The van der Waals surface area contributed by atoms with Gasteiger partial charge in [-0.15, -0.1) is 0 Å². The number of halogens is 1. The van der Waals surface area contributed by atoms with Crippen LogP contribution in [0.3, 0.4) is 0 Å². The normalized spacial score (nSPS) is 29.3. The lowest BCUT2D eigenvalue weighted by Crippen LogP contribution is -2.46. The second-order valence-corrected chi connectivity index (χ2v) is 5.16. The summed E-state index contributed by atoms with van der Waals surface area (Å²) in [7, 11) is 3.52. The van der Waals surface area contributed by atoms with Gasteiger partial charge in [0.05, 0.1) is 12.7 Å². The van der Waals surface area contributed by atoms with E-state index in [9.17, 15) is 9.50 Å². The molecule has 1 aliphatic rings. The molecular formula is C14H20FNO2. The lowest BCUT2D eigenvalue weighted by molar-refractivity contribution is -0.0432. The van der Waals surface area contributed by atoms with E-state index in [2.05, 4.69) is 4.90 Å². The van der Waals surface area contributed by atoms with E-state index in [1.165, 1.54) is 13.2 Å². The lowest BCUT2D eigenvalue weighted by Gasteiger charge is -2.41. The van der Waals surface area contributed by atoms with Crippen molar-refractivity contribution in [2.24, 2.45) is 0 Å². The van der Waals surface area contributed by atoms with Crippen LogP contribution in [0, 0.1) is 5.82 Å². The van der Waals surface area contributed by atoms with Crippen molar-refractivity contribution >= 4 is 0 Å². The van der Waals surface area contributed by atoms with Gasteiger partial charge in [-0.2, -0.15) is 0 Å². The quantitative estimate of drug-likeness (QED) is 0.876. The van der Waals surface area contributed by atoms with Crippen LogP contribution in [0.4, 0.5) is 4.39 Å². The summed E-state index contributed by atoms with van der Waals surface area (Å²) in [6.45, 7) is 2.81. The molecule has 18 heavy (non-hydrogen) atoms. The van der Waals surface area contributed by atoms with Crippen LogP contribution >= 0.6 is 0 Å². The summed E-state index contributed by atoms with van der Waals surface area (Å²) in [6, 6.07) is 4.90. The number of hydrogen-bond acceptors (Lipinski definition) is 3. The number of hydrogen-bond donors (Lipinski definition) is 1. The van der Waals surface area contributed by atoms with Gasteiger partial charge in [0.1, 0.15) is 11.6 Å². The molecule has 2 atom stereocenters. The van der Waals surface area contributed by atoms with E-state index in [-0.39, 0.29) is 6.04 Å². The van der Waals surface area contributed by atoms with Crippen molar-refractivity contribution in [3.63, 3.8) is 0 Å². The van der Waals surface area contributed by atoms with Gasteiger partial charge in [-0.1, -0.05) is 0 Å². The van der Waals surface area contributed by atoms with E-state index >= 15 is 0 Å². The summed E-state index contributed by atoms with van der Waals surface area (Å²) in [5.74, 6) is 0.0782. The fraction of sp³-hybridized carbons (Fsp3) is 0.571. The highest BCUT2D eigenvalue weighted by Crippen LogP contribution is 2.37. The van der Waals surface area contributed by atoms with Gasteiger partial charge in [-0.25, -0.2) is 4.39 Å². The van der Waals surface area contributed by atoms with E-state index in [1.807, 2.05) is 14.0 Å². The van der Waals surface area contributed by atoms with Crippen molar-refractivity contribution in [2.75, 3.05) is 20.7 Å². The van der Waals surface area contributed by atoms with Crippen molar-refractivity contribution in [3.8, 4) is 5.75 Å². The van der Waals surface area contributed by atoms with E-state index in [4.69, 9.17) is 4.74 Å². The zero-order valence-corrected chi connectivity index (χ0v) is 11.1. The summed E-state index contributed by atoms with van der Waals surface area (Å²) in [4.78, 5) is 2.18. The van der Waals surface area contributed by atoms with Gasteiger partial charge >= 0.3 is 0 Å². The van der Waals surface area contributed by atoms with E-state index < -0.39 is 11.4 Å². The second-order valence-electron chi connectivity index (χ2n) is 5.16. The van der Waals surface area contributed by atoms with Crippen molar-refractivity contribution in [1.82, 2.24) is 4.90 Å². The molecule has 0 aromatic heterocycles. The fourth-order valence-corrected chi connectivity index (χ4v) is 2.57. The van der Waals surface area contributed by atoms with Gasteiger partial charge < -0.3 is 14.7 Å². The molecular weight excluding hydrogens is 233 g/mol. The van der Waals surface area contributed by atoms with Gasteiger partial charge in [-0.3, -0.25) is 0 Å². The maximum absolute atomic E-state index is 14.0. The molecule has 0 saturated carbocycles. The molecule has 2 rings (SSSR count). The average molecular weight is 253 g/mol. The number of rotatable bonds is 2. The number of piperidine rings is 1. The SMILES string of the molecule is COc1ccc(C2(O)CCN(C)C(C)C2)c(F)c1.